The molecule has 36 valence electrons. The maximum absolute atomic E-state index is 5.09. The summed E-state index contributed by atoms with van der Waals surface area (Å²) in [5.41, 5.74) is 5.09. The monoisotopic (exact) mass is 103 g/mol. The molecular weight excluding hydrogens is 94.1 g/mol. The molecule has 0 atom stereocenters. The van der Waals surface area contributed by atoms with Crippen LogP contribution >= 0.6 is 0 Å². The molecule has 0 unspecified atom stereocenters. The van der Waals surface area contributed by atoms with Gasteiger partial charge in [-0.15, -0.1) is 0 Å². The molecule has 0 aliphatic rings. The molecule has 2 nitrogen and oxygen atoms in total. The first-order valence-electron chi connectivity index (χ1n) is 1.90. The molecule has 0 aliphatic carbocycles. The Morgan fingerprint density at radius 3 is 2.67 bits per heavy atom. The van der Waals surface area contributed by atoms with Crippen LogP contribution in [0.4, 0.5) is 0 Å². The van der Waals surface area contributed by atoms with Crippen LogP contribution < -0.4 is 5.73 Å². The van der Waals surface area contributed by atoms with E-state index < -0.39 is 0 Å². The van der Waals surface area contributed by atoms with Crippen LogP contribution in [0.5, 0.6) is 0 Å². The fourth-order valence-corrected chi connectivity index (χ4v) is 0.483. The predicted octanol–water partition coefficient (Wildman–Crippen LogP) is -0.371. The zero-order valence-electron chi connectivity index (χ0n) is 3.90. The average molecular weight is 103 g/mol. The molecule has 0 aromatic carbocycles. The van der Waals surface area contributed by atoms with E-state index in [0.717, 1.165) is 0 Å². The molecular formula is C3H9NOSi. The maximum Gasteiger partial charge on any atom is 0.226 e. The lowest BCUT2D eigenvalue weighted by molar-refractivity contribution is 0.350. The van der Waals surface area contributed by atoms with Crippen LogP contribution in [-0.2, 0) is 4.43 Å². The molecule has 0 fully saturated rings. The van der Waals surface area contributed by atoms with Gasteiger partial charge in [0.25, 0.3) is 0 Å². The van der Waals surface area contributed by atoms with Gasteiger partial charge in [0, 0.05) is 13.2 Å². The van der Waals surface area contributed by atoms with Crippen LogP contribution in [0.2, 0.25) is 6.55 Å². The fraction of sp³-hybridized carbons (Fsp3) is 1.00. The van der Waals surface area contributed by atoms with Crippen molar-refractivity contribution in [2.45, 2.75) is 6.55 Å². The molecule has 0 bridgehead atoms. The summed E-state index contributed by atoms with van der Waals surface area (Å²) >= 11 is 0. The van der Waals surface area contributed by atoms with E-state index in [0.29, 0.717) is 22.9 Å². The van der Waals surface area contributed by atoms with E-state index in [-0.39, 0.29) is 0 Å². The normalized spacial score (nSPS) is 9.00. The highest BCUT2D eigenvalue weighted by atomic mass is 28.2. The minimum Gasteiger partial charge on any atom is -0.416 e. The number of rotatable bonds is 3. The van der Waals surface area contributed by atoms with Gasteiger partial charge in [-0.25, -0.2) is 0 Å². The van der Waals surface area contributed by atoms with Crippen molar-refractivity contribution in [3.63, 3.8) is 0 Å². The zero-order valence-corrected chi connectivity index (χ0v) is 4.90. The summed E-state index contributed by atoms with van der Waals surface area (Å²) in [5, 5.41) is 0. The third-order valence-corrected chi connectivity index (χ3v) is 0.857. The summed E-state index contributed by atoms with van der Waals surface area (Å²) in [4.78, 5) is 0. The number of hydrogen-bond acceptors (Lipinski definition) is 2. The summed E-state index contributed by atoms with van der Waals surface area (Å²) in [6.07, 6.45) is 0. The van der Waals surface area contributed by atoms with Crippen LogP contribution in [0.25, 0.3) is 0 Å². The van der Waals surface area contributed by atoms with Gasteiger partial charge < -0.3 is 10.2 Å². The van der Waals surface area contributed by atoms with Crippen molar-refractivity contribution >= 4 is 9.76 Å². The molecule has 3 heteroatoms. The van der Waals surface area contributed by atoms with E-state index in [2.05, 4.69) is 0 Å². The largest absolute Gasteiger partial charge is 0.416 e. The van der Waals surface area contributed by atoms with Crippen LogP contribution in [-0.4, -0.2) is 22.9 Å². The number of hydrogen-bond donors (Lipinski definition) is 1. The van der Waals surface area contributed by atoms with Crippen molar-refractivity contribution in [3.05, 3.63) is 0 Å². The van der Waals surface area contributed by atoms with E-state index in [4.69, 9.17) is 10.2 Å². The van der Waals surface area contributed by atoms with Crippen molar-refractivity contribution in [3.8, 4) is 0 Å². The van der Waals surface area contributed by atoms with Crippen molar-refractivity contribution in [2.75, 3.05) is 13.2 Å². The van der Waals surface area contributed by atoms with Gasteiger partial charge >= 0.3 is 0 Å². The highest BCUT2D eigenvalue weighted by Gasteiger charge is 1.75. The smallest absolute Gasteiger partial charge is 0.226 e. The SMILES string of the molecule is C[Si]OCCN. The summed E-state index contributed by atoms with van der Waals surface area (Å²) in [7, 11) is 0.585. The van der Waals surface area contributed by atoms with Gasteiger partial charge in [-0.3, -0.25) is 0 Å². The van der Waals surface area contributed by atoms with Crippen LogP contribution in [0.1, 0.15) is 0 Å². The van der Waals surface area contributed by atoms with Crippen LogP contribution in [0.3, 0.4) is 0 Å². The average Bonchev–Trinajstić information content (AvgIpc) is 1.61. The molecule has 0 spiro atoms. The Morgan fingerprint density at radius 2 is 2.50 bits per heavy atom. The fourth-order valence-electron chi connectivity index (χ4n) is 0.161. The third-order valence-electron chi connectivity index (χ3n) is 0.364. The zero-order chi connectivity index (χ0) is 4.83. The second-order valence-corrected chi connectivity index (χ2v) is 1.54. The predicted molar refractivity (Wildman–Crippen MR) is 26.6 cm³/mol. The third kappa shape index (κ3) is 4.14. The Bertz CT molecular complexity index is 22.8. The maximum atomic E-state index is 5.09. The summed E-state index contributed by atoms with van der Waals surface area (Å²) in [6, 6.07) is 0. The molecule has 0 saturated heterocycles. The van der Waals surface area contributed by atoms with Crippen molar-refractivity contribution in [1.82, 2.24) is 0 Å². The Kier molecular flexibility index (Phi) is 5.25. The van der Waals surface area contributed by atoms with E-state index in [1.807, 2.05) is 6.55 Å². The second-order valence-electron chi connectivity index (χ2n) is 0.841. The Hall–Kier alpha value is 0.137. The quantitative estimate of drug-likeness (QED) is 0.390. The van der Waals surface area contributed by atoms with Gasteiger partial charge in [-0.1, -0.05) is 0 Å². The molecule has 6 heavy (non-hydrogen) atoms. The van der Waals surface area contributed by atoms with Crippen LogP contribution in [0.15, 0.2) is 0 Å². The lowest BCUT2D eigenvalue weighted by atomic mass is 10.8. The van der Waals surface area contributed by atoms with E-state index in [1.165, 1.54) is 0 Å². The summed E-state index contributed by atoms with van der Waals surface area (Å²) < 4.78 is 4.89. The van der Waals surface area contributed by atoms with Gasteiger partial charge in [-0.05, 0) is 6.55 Å². The van der Waals surface area contributed by atoms with Gasteiger partial charge in [0.15, 0.2) is 0 Å². The molecule has 0 aliphatic heterocycles. The highest BCUT2D eigenvalue weighted by Crippen LogP contribution is 1.61. The standard InChI is InChI=1S/C3H9NOSi/c1-6-5-3-2-4/h2-4H2,1H3. The van der Waals surface area contributed by atoms with Crippen LogP contribution in [0, 0.1) is 0 Å². The molecule has 0 heterocycles. The first kappa shape index (κ1) is 6.14. The lowest BCUT2D eigenvalue weighted by Crippen LogP contribution is -2.08. The first-order chi connectivity index (χ1) is 2.91. The van der Waals surface area contributed by atoms with Gasteiger partial charge in [0.1, 0.15) is 0 Å². The Balaban J connectivity index is 2.34. The molecule has 0 saturated carbocycles. The second kappa shape index (κ2) is 5.14. The van der Waals surface area contributed by atoms with Crippen molar-refractivity contribution in [2.24, 2.45) is 5.73 Å². The molecule has 0 aromatic rings. The molecule has 2 N–H and O–H groups in total. The highest BCUT2D eigenvalue weighted by molar-refractivity contribution is 6.24. The first-order valence-corrected chi connectivity index (χ1v) is 3.31. The van der Waals surface area contributed by atoms with Gasteiger partial charge in [0.2, 0.25) is 9.76 Å². The topological polar surface area (TPSA) is 35.2 Å². The van der Waals surface area contributed by atoms with E-state index in [1.54, 1.807) is 0 Å². The summed E-state index contributed by atoms with van der Waals surface area (Å²) in [6.45, 7) is 3.32. The minimum atomic E-state index is 0.585. The summed E-state index contributed by atoms with van der Waals surface area (Å²) in [5.74, 6) is 0. The van der Waals surface area contributed by atoms with Crippen molar-refractivity contribution in [1.29, 1.82) is 0 Å². The molecule has 0 rings (SSSR count). The molecule has 0 amide bonds. The van der Waals surface area contributed by atoms with E-state index >= 15 is 0 Å². The lowest BCUT2D eigenvalue weighted by Gasteiger charge is -1.90. The minimum absolute atomic E-state index is 0.585. The van der Waals surface area contributed by atoms with E-state index in [9.17, 15) is 0 Å². The Labute approximate surface area is 40.6 Å². The van der Waals surface area contributed by atoms with Gasteiger partial charge in [-0.2, -0.15) is 0 Å². The van der Waals surface area contributed by atoms with Gasteiger partial charge in [0.05, 0.1) is 0 Å². The molecule has 0 aromatic heterocycles. The Morgan fingerprint density at radius 1 is 1.83 bits per heavy atom. The molecule has 2 radical (unpaired) electrons. The van der Waals surface area contributed by atoms with Crippen molar-refractivity contribution < 1.29 is 4.43 Å². The number of nitrogens with two attached hydrogens (primary N) is 1.